The third-order valence-corrected chi connectivity index (χ3v) is 8.99. The monoisotopic (exact) mass is 667 g/mol. The zero-order valence-corrected chi connectivity index (χ0v) is 28.6. The van der Waals surface area contributed by atoms with Crippen LogP contribution in [0.15, 0.2) is 61.1 Å². The van der Waals surface area contributed by atoms with Gasteiger partial charge in [0, 0.05) is 88.3 Å². The van der Waals surface area contributed by atoms with Gasteiger partial charge in [-0.15, -0.1) is 5.10 Å². The summed E-state index contributed by atoms with van der Waals surface area (Å²) in [6.07, 6.45) is 6.38. The van der Waals surface area contributed by atoms with Crippen molar-refractivity contribution in [2.75, 3.05) is 64.9 Å². The SMILES string of the molecule is CCOc1nn(C)cc1Nc1ncc(C)c(-c2c[nH]c3c(C[C@H](CNC(=O)c4ccccc4O)N4CCN(CCOC)CC4)cccc23)n1. The Bertz CT molecular complexity index is 1880. The molecule has 1 aliphatic heterocycles. The van der Waals surface area contributed by atoms with Crippen molar-refractivity contribution in [1.82, 2.24) is 39.8 Å². The van der Waals surface area contributed by atoms with E-state index in [4.69, 9.17) is 14.5 Å². The average Bonchev–Trinajstić information content (AvgIpc) is 3.70. The Kier molecular flexibility index (Phi) is 10.7. The Hall–Kier alpha value is -4.98. The van der Waals surface area contributed by atoms with Gasteiger partial charge in [-0.2, -0.15) is 0 Å². The van der Waals surface area contributed by atoms with E-state index in [1.165, 1.54) is 6.07 Å². The van der Waals surface area contributed by atoms with Gasteiger partial charge in [-0.05, 0) is 43.5 Å². The number of hydrogen-bond donors (Lipinski definition) is 4. The van der Waals surface area contributed by atoms with Crippen LogP contribution in [0.4, 0.5) is 11.6 Å². The number of H-pyrrole nitrogens is 1. The van der Waals surface area contributed by atoms with Crippen LogP contribution in [0.3, 0.4) is 0 Å². The summed E-state index contributed by atoms with van der Waals surface area (Å²) >= 11 is 0. The molecule has 13 heteroatoms. The van der Waals surface area contributed by atoms with Crippen molar-refractivity contribution >= 4 is 28.4 Å². The number of fused-ring (bicyclic) bond motifs is 1. The number of anilines is 2. The smallest absolute Gasteiger partial charge is 0.256 e. The van der Waals surface area contributed by atoms with Crippen molar-refractivity contribution < 1.29 is 19.4 Å². The summed E-state index contributed by atoms with van der Waals surface area (Å²) < 4.78 is 12.7. The first-order valence-corrected chi connectivity index (χ1v) is 16.7. The Balaban J connectivity index is 1.25. The lowest BCUT2D eigenvalue weighted by atomic mass is 9.99. The number of phenolic OH excluding ortho intramolecular Hbond substituents is 1. The molecule has 0 spiro atoms. The van der Waals surface area contributed by atoms with E-state index in [1.807, 2.05) is 39.5 Å². The van der Waals surface area contributed by atoms with Gasteiger partial charge in [0.25, 0.3) is 11.8 Å². The molecule has 0 unspecified atom stereocenters. The number of aromatic amines is 1. The third kappa shape index (κ3) is 7.85. The maximum Gasteiger partial charge on any atom is 0.256 e. The van der Waals surface area contributed by atoms with E-state index in [1.54, 1.807) is 30.0 Å². The predicted molar refractivity (Wildman–Crippen MR) is 190 cm³/mol. The molecule has 0 radical (unpaired) electrons. The van der Waals surface area contributed by atoms with Crippen LogP contribution in [-0.2, 0) is 18.2 Å². The number of piperazine rings is 1. The van der Waals surface area contributed by atoms with Gasteiger partial charge in [0.05, 0.1) is 30.7 Å². The highest BCUT2D eigenvalue weighted by Crippen LogP contribution is 2.33. The molecule has 49 heavy (non-hydrogen) atoms. The molecule has 0 aliphatic carbocycles. The van der Waals surface area contributed by atoms with E-state index in [0.29, 0.717) is 43.7 Å². The van der Waals surface area contributed by atoms with Crippen molar-refractivity contribution in [1.29, 1.82) is 0 Å². The van der Waals surface area contributed by atoms with Crippen LogP contribution in [-0.4, -0.2) is 111 Å². The second-order valence-corrected chi connectivity index (χ2v) is 12.3. The van der Waals surface area contributed by atoms with Gasteiger partial charge >= 0.3 is 0 Å². The Labute approximate surface area is 286 Å². The summed E-state index contributed by atoms with van der Waals surface area (Å²) in [4.78, 5) is 31.0. The molecule has 0 bridgehead atoms. The summed E-state index contributed by atoms with van der Waals surface area (Å²) in [5.41, 5.74) is 5.90. The van der Waals surface area contributed by atoms with Crippen molar-refractivity contribution in [3.8, 4) is 22.9 Å². The van der Waals surface area contributed by atoms with Crippen LogP contribution in [0.5, 0.6) is 11.6 Å². The minimum atomic E-state index is -0.287. The number of amides is 1. The number of nitrogens with one attached hydrogen (secondary N) is 3. The van der Waals surface area contributed by atoms with E-state index in [0.717, 1.165) is 66.0 Å². The fourth-order valence-electron chi connectivity index (χ4n) is 6.40. The number of carbonyl (C=O) groups excluding carboxylic acids is 1. The molecular weight excluding hydrogens is 622 g/mol. The second kappa shape index (κ2) is 15.5. The van der Waals surface area contributed by atoms with Gasteiger partial charge in [-0.3, -0.25) is 19.3 Å². The van der Waals surface area contributed by atoms with Crippen LogP contribution in [0.1, 0.15) is 28.4 Å². The van der Waals surface area contributed by atoms with Crippen LogP contribution in [0.2, 0.25) is 0 Å². The van der Waals surface area contributed by atoms with Crippen molar-refractivity contribution in [3.63, 3.8) is 0 Å². The van der Waals surface area contributed by atoms with Gasteiger partial charge < -0.3 is 30.2 Å². The third-order valence-electron chi connectivity index (χ3n) is 8.99. The molecular formula is C36H45N9O4. The number of benzene rings is 2. The molecule has 1 saturated heterocycles. The number of ether oxygens (including phenoxy) is 2. The minimum absolute atomic E-state index is 0.0273. The lowest BCUT2D eigenvalue weighted by Gasteiger charge is -2.39. The number of rotatable bonds is 14. The number of para-hydroxylation sites is 2. The summed E-state index contributed by atoms with van der Waals surface area (Å²) in [7, 11) is 3.57. The molecule has 4 heterocycles. The largest absolute Gasteiger partial charge is 0.507 e. The van der Waals surface area contributed by atoms with Crippen LogP contribution in [0, 0.1) is 6.92 Å². The number of aromatic hydroxyl groups is 1. The molecule has 5 aromatic rings. The predicted octanol–water partition coefficient (Wildman–Crippen LogP) is 4.12. The fourth-order valence-corrected chi connectivity index (χ4v) is 6.40. The van der Waals surface area contributed by atoms with Gasteiger partial charge in [0.1, 0.15) is 11.4 Å². The summed E-state index contributed by atoms with van der Waals surface area (Å²) in [5, 5.41) is 22.1. The number of nitrogens with zero attached hydrogens (tertiary/aromatic N) is 6. The van der Waals surface area contributed by atoms with Crippen molar-refractivity contribution in [2.24, 2.45) is 7.05 Å². The molecule has 1 fully saturated rings. The van der Waals surface area contributed by atoms with Crippen LogP contribution >= 0.6 is 0 Å². The minimum Gasteiger partial charge on any atom is -0.507 e. The van der Waals surface area contributed by atoms with E-state index in [9.17, 15) is 9.90 Å². The van der Waals surface area contributed by atoms with Crippen LogP contribution in [0.25, 0.3) is 22.2 Å². The molecule has 3 aromatic heterocycles. The van der Waals surface area contributed by atoms with Crippen molar-refractivity contribution in [3.05, 3.63) is 77.7 Å². The molecule has 4 N–H and O–H groups in total. The molecule has 6 rings (SSSR count). The molecule has 1 amide bonds. The number of aryl methyl sites for hydroxylation is 2. The zero-order valence-electron chi connectivity index (χ0n) is 28.6. The lowest BCUT2D eigenvalue weighted by Crippen LogP contribution is -2.54. The number of hydrogen-bond acceptors (Lipinski definition) is 10. The molecule has 1 atom stereocenters. The highest BCUT2D eigenvalue weighted by molar-refractivity contribution is 5.97. The van der Waals surface area contributed by atoms with Crippen molar-refractivity contribution in [2.45, 2.75) is 26.3 Å². The molecule has 0 saturated carbocycles. The Morgan fingerprint density at radius 2 is 1.94 bits per heavy atom. The van der Waals surface area contributed by atoms with E-state index in [2.05, 4.69) is 53.7 Å². The first-order chi connectivity index (χ1) is 23.8. The van der Waals surface area contributed by atoms with Gasteiger partial charge in [0.2, 0.25) is 5.95 Å². The summed E-state index contributed by atoms with van der Waals surface area (Å²) in [5.74, 6) is 0.631. The number of methoxy groups -OCH3 is 1. The standard InChI is InChI=1S/C36H45N9O4/c1-5-49-35-30(23-43(3)42-35)40-36-39-20-24(2)32(41-36)29-22-37-33-25(9-8-11-27(29)33)19-26(45-15-13-44(14-16-45)17-18-48-4)21-38-34(47)28-10-6-7-12-31(28)46/h6-12,20,22-23,26,37,46H,5,13-19,21H2,1-4H3,(H,38,47)(H,39,40,41)/t26-/m1/s1. The van der Waals surface area contributed by atoms with Crippen LogP contribution < -0.4 is 15.4 Å². The Morgan fingerprint density at radius 1 is 1.12 bits per heavy atom. The maximum atomic E-state index is 13.1. The molecule has 13 nitrogen and oxygen atoms in total. The summed E-state index contributed by atoms with van der Waals surface area (Å²) in [6.45, 7) is 10.1. The highest BCUT2D eigenvalue weighted by Gasteiger charge is 2.26. The van der Waals surface area contributed by atoms with E-state index in [-0.39, 0.29) is 23.3 Å². The average molecular weight is 668 g/mol. The first kappa shape index (κ1) is 33.9. The second-order valence-electron chi connectivity index (χ2n) is 12.3. The summed E-state index contributed by atoms with van der Waals surface area (Å²) in [6, 6.07) is 13.0. The normalized spacial score (nSPS) is 14.6. The quantitative estimate of drug-likeness (QED) is 0.137. The number of aromatic nitrogens is 5. The molecule has 2 aromatic carbocycles. The molecule has 1 aliphatic rings. The fraction of sp³-hybridized carbons (Fsp3) is 0.389. The maximum absolute atomic E-state index is 13.1. The van der Waals surface area contributed by atoms with Gasteiger partial charge in [-0.1, -0.05) is 30.3 Å². The zero-order chi connectivity index (χ0) is 34.3. The number of phenols is 1. The topological polar surface area (TPSA) is 146 Å². The van der Waals surface area contributed by atoms with Gasteiger partial charge in [0.15, 0.2) is 0 Å². The van der Waals surface area contributed by atoms with E-state index >= 15 is 0 Å². The van der Waals surface area contributed by atoms with E-state index < -0.39 is 0 Å². The first-order valence-electron chi connectivity index (χ1n) is 16.7. The molecule has 258 valence electrons. The highest BCUT2D eigenvalue weighted by atomic mass is 16.5. The Morgan fingerprint density at radius 3 is 2.71 bits per heavy atom. The van der Waals surface area contributed by atoms with Gasteiger partial charge in [-0.25, -0.2) is 9.97 Å². The lowest BCUT2D eigenvalue weighted by molar-refractivity contribution is 0.0713. The number of carbonyl (C=O) groups is 1.